The number of rotatable bonds is 2. The van der Waals surface area contributed by atoms with Crippen LogP contribution in [0.25, 0.3) is 0 Å². The molecule has 0 unspecified atom stereocenters. The molecule has 0 aromatic rings. The van der Waals surface area contributed by atoms with E-state index in [4.69, 9.17) is 0 Å². The van der Waals surface area contributed by atoms with Crippen molar-refractivity contribution in [1.82, 2.24) is 5.32 Å². The fourth-order valence-electron chi connectivity index (χ4n) is 1.43. The molecule has 1 nitrogen and oxygen atoms in total. The average Bonchev–Trinajstić information content (AvgIpc) is 2.27. The van der Waals surface area contributed by atoms with E-state index in [1.54, 1.807) is 0 Å². The van der Waals surface area contributed by atoms with Gasteiger partial charge in [-0.1, -0.05) is 38.2 Å². The number of hydrogen-bond acceptors (Lipinski definition) is 1. The summed E-state index contributed by atoms with van der Waals surface area (Å²) in [4.78, 5) is 0. The second-order valence-electron chi connectivity index (χ2n) is 3.33. The zero-order valence-corrected chi connectivity index (χ0v) is 8.09. The molecule has 0 bridgehead atoms. The highest BCUT2D eigenvalue weighted by atomic mass is 14.8. The summed E-state index contributed by atoms with van der Waals surface area (Å²) in [6, 6.07) is 0. The molecule has 12 heavy (non-hydrogen) atoms. The molecule has 0 fully saturated rings. The van der Waals surface area contributed by atoms with Crippen molar-refractivity contribution in [2.45, 2.75) is 20.3 Å². The average molecular weight is 163 g/mol. The lowest BCUT2D eigenvalue weighted by atomic mass is 10.00. The van der Waals surface area contributed by atoms with Crippen LogP contribution in [0.4, 0.5) is 0 Å². The summed E-state index contributed by atoms with van der Waals surface area (Å²) < 4.78 is 0. The van der Waals surface area contributed by atoms with E-state index in [2.05, 4.69) is 43.5 Å². The third-order valence-electron chi connectivity index (χ3n) is 2.12. The molecular weight excluding hydrogens is 146 g/mol. The molecule has 66 valence electrons. The predicted octanol–water partition coefficient (Wildman–Crippen LogP) is 2.63. The molecular formula is C11H17N. The van der Waals surface area contributed by atoms with Crippen LogP contribution in [0.1, 0.15) is 20.3 Å². The van der Waals surface area contributed by atoms with Crippen LogP contribution in [-0.4, -0.2) is 7.05 Å². The Morgan fingerprint density at radius 3 is 2.67 bits per heavy atom. The van der Waals surface area contributed by atoms with Crippen molar-refractivity contribution in [1.29, 1.82) is 0 Å². The van der Waals surface area contributed by atoms with Crippen LogP contribution in [0.3, 0.4) is 0 Å². The Labute approximate surface area is 74.9 Å². The summed E-state index contributed by atoms with van der Waals surface area (Å²) in [5.41, 5.74) is 2.76. The summed E-state index contributed by atoms with van der Waals surface area (Å²) in [6.07, 6.45) is 9.61. The van der Waals surface area contributed by atoms with Crippen LogP contribution in [0.15, 0.2) is 35.6 Å². The van der Waals surface area contributed by atoms with Crippen LogP contribution >= 0.6 is 0 Å². The lowest BCUT2D eigenvalue weighted by Gasteiger charge is -2.12. The first-order valence-electron chi connectivity index (χ1n) is 4.49. The molecule has 1 aliphatic rings. The maximum absolute atomic E-state index is 3.25. The third kappa shape index (κ3) is 2.00. The minimum atomic E-state index is 0.601. The smallest absolute Gasteiger partial charge is 0.0178 e. The quantitative estimate of drug-likeness (QED) is 0.660. The maximum Gasteiger partial charge on any atom is 0.0178 e. The van der Waals surface area contributed by atoms with E-state index in [1.807, 2.05) is 7.05 Å². The van der Waals surface area contributed by atoms with Crippen molar-refractivity contribution in [2.24, 2.45) is 5.92 Å². The molecule has 0 amide bonds. The van der Waals surface area contributed by atoms with Gasteiger partial charge < -0.3 is 5.32 Å². The highest BCUT2D eigenvalue weighted by Crippen LogP contribution is 2.19. The maximum atomic E-state index is 3.25. The van der Waals surface area contributed by atoms with Crippen molar-refractivity contribution in [3.05, 3.63) is 35.6 Å². The van der Waals surface area contributed by atoms with Gasteiger partial charge in [0.15, 0.2) is 0 Å². The molecule has 1 N–H and O–H groups in total. The second kappa shape index (κ2) is 4.15. The summed E-state index contributed by atoms with van der Waals surface area (Å²) in [7, 11) is 1.99. The first-order chi connectivity index (χ1) is 5.75. The molecule has 0 saturated heterocycles. The van der Waals surface area contributed by atoms with Gasteiger partial charge in [0.2, 0.25) is 0 Å². The van der Waals surface area contributed by atoms with E-state index in [9.17, 15) is 0 Å². The molecule has 0 radical (unpaired) electrons. The Morgan fingerprint density at radius 1 is 1.33 bits per heavy atom. The second-order valence-corrected chi connectivity index (χ2v) is 3.33. The van der Waals surface area contributed by atoms with Crippen molar-refractivity contribution >= 4 is 0 Å². The van der Waals surface area contributed by atoms with E-state index in [0.29, 0.717) is 5.92 Å². The van der Waals surface area contributed by atoms with Crippen molar-refractivity contribution in [3.8, 4) is 0 Å². The third-order valence-corrected chi connectivity index (χ3v) is 2.12. The Kier molecular flexibility index (Phi) is 3.15. The van der Waals surface area contributed by atoms with Gasteiger partial charge in [0.25, 0.3) is 0 Å². The predicted molar refractivity (Wildman–Crippen MR) is 53.8 cm³/mol. The van der Waals surface area contributed by atoms with Gasteiger partial charge in [0.1, 0.15) is 0 Å². The van der Waals surface area contributed by atoms with E-state index in [0.717, 1.165) is 6.42 Å². The number of allylic oxidation sites excluding steroid dienone is 5. The minimum Gasteiger partial charge on any atom is -0.391 e. The standard InChI is InChI=1S/C11H17N/c1-9(2)10-7-5-4-6-8-11(10)12-3/h4-7,9,12H,8H2,1-3H3. The van der Waals surface area contributed by atoms with E-state index >= 15 is 0 Å². The van der Waals surface area contributed by atoms with Gasteiger partial charge in [-0.2, -0.15) is 0 Å². The molecule has 0 spiro atoms. The normalized spacial score (nSPS) is 17.0. The van der Waals surface area contributed by atoms with Crippen molar-refractivity contribution < 1.29 is 0 Å². The summed E-state index contributed by atoms with van der Waals surface area (Å²) in [5, 5.41) is 3.25. The molecule has 0 saturated carbocycles. The Bertz CT molecular complexity index is 231. The molecule has 0 aliphatic heterocycles. The van der Waals surface area contributed by atoms with E-state index in [-0.39, 0.29) is 0 Å². The molecule has 1 heteroatoms. The first-order valence-corrected chi connectivity index (χ1v) is 4.49. The van der Waals surface area contributed by atoms with Crippen LogP contribution < -0.4 is 5.32 Å². The molecule has 0 aromatic heterocycles. The highest BCUT2D eigenvalue weighted by Gasteiger charge is 2.06. The summed E-state index contributed by atoms with van der Waals surface area (Å²) in [6.45, 7) is 4.45. The fraction of sp³-hybridized carbons (Fsp3) is 0.455. The molecule has 1 aliphatic carbocycles. The SMILES string of the molecule is CNC1=C(C(C)C)C=CC=CC1. The van der Waals surface area contributed by atoms with Crippen LogP contribution in [0.5, 0.6) is 0 Å². The lowest BCUT2D eigenvalue weighted by Crippen LogP contribution is -2.10. The monoisotopic (exact) mass is 163 g/mol. The molecule has 0 aromatic carbocycles. The Morgan fingerprint density at radius 2 is 2.08 bits per heavy atom. The Balaban J connectivity index is 2.93. The Hall–Kier alpha value is -0.980. The van der Waals surface area contributed by atoms with Gasteiger partial charge in [-0.15, -0.1) is 0 Å². The van der Waals surface area contributed by atoms with Crippen LogP contribution in [0.2, 0.25) is 0 Å². The van der Waals surface area contributed by atoms with Gasteiger partial charge in [-0.3, -0.25) is 0 Å². The zero-order valence-electron chi connectivity index (χ0n) is 8.09. The highest BCUT2D eigenvalue weighted by molar-refractivity contribution is 5.32. The van der Waals surface area contributed by atoms with Gasteiger partial charge in [-0.25, -0.2) is 0 Å². The van der Waals surface area contributed by atoms with E-state index in [1.165, 1.54) is 11.3 Å². The molecule has 0 heterocycles. The van der Waals surface area contributed by atoms with Gasteiger partial charge in [0.05, 0.1) is 0 Å². The summed E-state index contributed by atoms with van der Waals surface area (Å²) in [5.74, 6) is 0.601. The zero-order chi connectivity index (χ0) is 8.97. The van der Waals surface area contributed by atoms with Gasteiger partial charge in [-0.05, 0) is 11.5 Å². The molecule has 1 rings (SSSR count). The van der Waals surface area contributed by atoms with Crippen LogP contribution in [-0.2, 0) is 0 Å². The lowest BCUT2D eigenvalue weighted by molar-refractivity contribution is 0.752. The minimum absolute atomic E-state index is 0.601. The largest absolute Gasteiger partial charge is 0.391 e. The van der Waals surface area contributed by atoms with Crippen LogP contribution in [0, 0.1) is 5.92 Å². The summed E-state index contributed by atoms with van der Waals surface area (Å²) >= 11 is 0. The topological polar surface area (TPSA) is 12.0 Å². The molecule has 0 atom stereocenters. The first kappa shape index (κ1) is 9.11. The number of hydrogen-bond donors (Lipinski definition) is 1. The van der Waals surface area contributed by atoms with Gasteiger partial charge >= 0.3 is 0 Å². The van der Waals surface area contributed by atoms with Crippen molar-refractivity contribution in [2.75, 3.05) is 7.05 Å². The fourth-order valence-corrected chi connectivity index (χ4v) is 1.43. The van der Waals surface area contributed by atoms with Gasteiger partial charge in [0, 0.05) is 19.2 Å². The van der Waals surface area contributed by atoms with E-state index < -0.39 is 0 Å². The number of nitrogens with one attached hydrogen (secondary N) is 1. The van der Waals surface area contributed by atoms with Crippen molar-refractivity contribution in [3.63, 3.8) is 0 Å².